The number of aryl methyl sites for hydroxylation is 1. The molecule has 2 nitrogen and oxygen atoms in total. The van der Waals surface area contributed by atoms with Gasteiger partial charge in [-0.25, -0.2) is 0 Å². The topological polar surface area (TPSA) is 33.0 Å². The first-order valence-electron chi connectivity index (χ1n) is 7.47. The van der Waals surface area contributed by atoms with Crippen molar-refractivity contribution in [1.82, 2.24) is 0 Å². The molecule has 3 aromatic rings. The number of rotatable bonds is 3. The fraction of sp³-hybridized carbons (Fsp3) is 0.0952. The molecule has 0 saturated heterocycles. The molecule has 2 heteroatoms. The Bertz CT molecular complexity index is 856. The third kappa shape index (κ3) is 3.09. The van der Waals surface area contributed by atoms with Gasteiger partial charge < -0.3 is 4.74 Å². The Morgan fingerprint density at radius 2 is 1.39 bits per heavy atom. The van der Waals surface area contributed by atoms with Gasteiger partial charge in [-0.1, -0.05) is 48.0 Å². The molecule has 0 atom stereocenters. The van der Waals surface area contributed by atoms with Crippen molar-refractivity contribution in [2.45, 2.75) is 6.92 Å². The SMILES string of the molecule is COc1ccc(-c2cc(C#N)ccc2-c2ccc(C)cc2)cc1. The third-order valence-corrected chi connectivity index (χ3v) is 3.91. The highest BCUT2D eigenvalue weighted by atomic mass is 16.5. The van der Waals surface area contributed by atoms with Gasteiger partial charge in [0.2, 0.25) is 0 Å². The van der Waals surface area contributed by atoms with Crippen molar-refractivity contribution in [1.29, 1.82) is 5.26 Å². The zero-order valence-corrected chi connectivity index (χ0v) is 13.2. The van der Waals surface area contributed by atoms with Crippen LogP contribution in [0.1, 0.15) is 11.1 Å². The summed E-state index contributed by atoms with van der Waals surface area (Å²) in [5.74, 6) is 0.821. The lowest BCUT2D eigenvalue weighted by Gasteiger charge is -2.12. The van der Waals surface area contributed by atoms with E-state index in [1.165, 1.54) is 5.56 Å². The molecule has 112 valence electrons. The number of nitrogens with zero attached hydrogens (tertiary/aromatic N) is 1. The van der Waals surface area contributed by atoms with E-state index in [2.05, 4.69) is 37.3 Å². The van der Waals surface area contributed by atoms with Gasteiger partial charge in [-0.15, -0.1) is 0 Å². The Morgan fingerprint density at radius 1 is 0.783 bits per heavy atom. The zero-order chi connectivity index (χ0) is 16.2. The highest BCUT2D eigenvalue weighted by Crippen LogP contribution is 2.33. The number of hydrogen-bond donors (Lipinski definition) is 0. The van der Waals surface area contributed by atoms with Gasteiger partial charge in [-0.05, 0) is 53.4 Å². The molecule has 23 heavy (non-hydrogen) atoms. The van der Waals surface area contributed by atoms with Crippen molar-refractivity contribution in [3.63, 3.8) is 0 Å². The van der Waals surface area contributed by atoms with Gasteiger partial charge in [0.1, 0.15) is 5.75 Å². The summed E-state index contributed by atoms with van der Waals surface area (Å²) in [6.07, 6.45) is 0. The number of ether oxygens (including phenoxy) is 1. The normalized spacial score (nSPS) is 10.1. The minimum absolute atomic E-state index is 0.659. The van der Waals surface area contributed by atoms with Crippen LogP contribution in [0, 0.1) is 18.3 Å². The summed E-state index contributed by atoms with van der Waals surface area (Å²) in [4.78, 5) is 0. The van der Waals surface area contributed by atoms with Crippen molar-refractivity contribution in [2.24, 2.45) is 0 Å². The summed E-state index contributed by atoms with van der Waals surface area (Å²) in [6.45, 7) is 2.08. The zero-order valence-electron chi connectivity index (χ0n) is 13.2. The Balaban J connectivity index is 2.16. The van der Waals surface area contributed by atoms with Crippen LogP contribution in [0.4, 0.5) is 0 Å². The van der Waals surface area contributed by atoms with E-state index in [0.717, 1.165) is 28.0 Å². The number of methoxy groups -OCH3 is 1. The average Bonchev–Trinajstić information content (AvgIpc) is 2.62. The largest absolute Gasteiger partial charge is 0.497 e. The highest BCUT2D eigenvalue weighted by Gasteiger charge is 2.09. The van der Waals surface area contributed by atoms with Crippen LogP contribution in [-0.2, 0) is 0 Å². The maximum atomic E-state index is 9.22. The Kier molecular flexibility index (Phi) is 4.12. The van der Waals surface area contributed by atoms with Crippen LogP contribution >= 0.6 is 0 Å². The molecule has 0 unspecified atom stereocenters. The van der Waals surface area contributed by atoms with Crippen LogP contribution < -0.4 is 4.74 Å². The predicted molar refractivity (Wildman–Crippen MR) is 93.3 cm³/mol. The first-order chi connectivity index (χ1) is 11.2. The molecule has 0 aliphatic rings. The summed E-state index contributed by atoms with van der Waals surface area (Å²) in [5, 5.41) is 9.22. The van der Waals surface area contributed by atoms with Gasteiger partial charge in [-0.3, -0.25) is 0 Å². The Hall–Kier alpha value is -3.05. The van der Waals surface area contributed by atoms with Crippen LogP contribution in [0.3, 0.4) is 0 Å². The molecule has 0 heterocycles. The van der Waals surface area contributed by atoms with E-state index in [0.29, 0.717) is 5.56 Å². The molecule has 0 amide bonds. The third-order valence-electron chi connectivity index (χ3n) is 3.91. The van der Waals surface area contributed by atoms with Crippen molar-refractivity contribution in [3.8, 4) is 34.1 Å². The number of hydrogen-bond acceptors (Lipinski definition) is 2. The van der Waals surface area contributed by atoms with Crippen molar-refractivity contribution >= 4 is 0 Å². The van der Waals surface area contributed by atoms with Gasteiger partial charge in [0.15, 0.2) is 0 Å². The second-order valence-electron chi connectivity index (χ2n) is 5.47. The standard InChI is InChI=1S/C21H17NO/c1-15-3-6-17(7-4-15)20-12-5-16(14-22)13-21(20)18-8-10-19(23-2)11-9-18/h3-13H,1-2H3. The average molecular weight is 299 g/mol. The smallest absolute Gasteiger partial charge is 0.118 e. The van der Waals surface area contributed by atoms with Crippen LogP contribution in [0.25, 0.3) is 22.3 Å². The second-order valence-corrected chi connectivity index (χ2v) is 5.47. The lowest BCUT2D eigenvalue weighted by Crippen LogP contribution is -1.88. The molecule has 0 radical (unpaired) electrons. The van der Waals surface area contributed by atoms with Gasteiger partial charge in [-0.2, -0.15) is 5.26 Å². The first kappa shape index (κ1) is 14.9. The van der Waals surface area contributed by atoms with E-state index in [4.69, 9.17) is 4.74 Å². The molecule has 0 saturated carbocycles. The van der Waals surface area contributed by atoms with E-state index in [9.17, 15) is 5.26 Å². The maximum Gasteiger partial charge on any atom is 0.118 e. The fourth-order valence-corrected chi connectivity index (χ4v) is 2.61. The van der Waals surface area contributed by atoms with Crippen molar-refractivity contribution in [3.05, 3.63) is 77.9 Å². The van der Waals surface area contributed by atoms with Crippen LogP contribution in [-0.4, -0.2) is 7.11 Å². The van der Waals surface area contributed by atoms with E-state index in [-0.39, 0.29) is 0 Å². The Labute approximate surface area is 136 Å². The molecule has 0 fully saturated rings. The summed E-state index contributed by atoms with van der Waals surface area (Å²) in [6, 6.07) is 24.4. The maximum absolute atomic E-state index is 9.22. The summed E-state index contributed by atoms with van der Waals surface area (Å²) in [7, 11) is 1.66. The monoisotopic (exact) mass is 299 g/mol. The lowest BCUT2D eigenvalue weighted by atomic mass is 9.92. The Morgan fingerprint density at radius 3 is 2.00 bits per heavy atom. The molecule has 0 bridgehead atoms. The van der Waals surface area contributed by atoms with E-state index < -0.39 is 0 Å². The molecule has 0 aromatic heterocycles. The van der Waals surface area contributed by atoms with Gasteiger partial charge in [0.05, 0.1) is 18.7 Å². The number of nitriles is 1. The van der Waals surface area contributed by atoms with Crippen LogP contribution in [0.15, 0.2) is 66.7 Å². The second kappa shape index (κ2) is 6.37. The minimum Gasteiger partial charge on any atom is -0.497 e. The van der Waals surface area contributed by atoms with E-state index in [1.54, 1.807) is 7.11 Å². The predicted octanol–water partition coefficient (Wildman–Crippen LogP) is 5.21. The van der Waals surface area contributed by atoms with Gasteiger partial charge in [0, 0.05) is 0 Å². The molecule has 0 spiro atoms. The molecule has 0 N–H and O–H groups in total. The minimum atomic E-state index is 0.659. The van der Waals surface area contributed by atoms with Crippen molar-refractivity contribution < 1.29 is 4.74 Å². The number of benzene rings is 3. The summed E-state index contributed by atoms with van der Waals surface area (Å²) < 4.78 is 5.23. The van der Waals surface area contributed by atoms with E-state index >= 15 is 0 Å². The van der Waals surface area contributed by atoms with Crippen LogP contribution in [0.2, 0.25) is 0 Å². The molecule has 3 rings (SSSR count). The molecular weight excluding hydrogens is 282 g/mol. The van der Waals surface area contributed by atoms with Crippen LogP contribution in [0.5, 0.6) is 5.75 Å². The summed E-state index contributed by atoms with van der Waals surface area (Å²) >= 11 is 0. The lowest BCUT2D eigenvalue weighted by molar-refractivity contribution is 0.415. The van der Waals surface area contributed by atoms with Crippen molar-refractivity contribution in [2.75, 3.05) is 7.11 Å². The van der Waals surface area contributed by atoms with Gasteiger partial charge >= 0.3 is 0 Å². The summed E-state index contributed by atoms with van der Waals surface area (Å²) in [5.41, 5.74) is 6.27. The quantitative estimate of drug-likeness (QED) is 0.665. The fourth-order valence-electron chi connectivity index (χ4n) is 2.61. The molecule has 0 aliphatic heterocycles. The molecule has 3 aromatic carbocycles. The highest BCUT2D eigenvalue weighted by molar-refractivity contribution is 5.84. The van der Waals surface area contributed by atoms with Gasteiger partial charge in [0.25, 0.3) is 0 Å². The molecule has 0 aliphatic carbocycles. The molecular formula is C21H17NO. The van der Waals surface area contributed by atoms with E-state index in [1.807, 2.05) is 42.5 Å². The first-order valence-corrected chi connectivity index (χ1v) is 7.47.